The molecule has 2 aromatic carbocycles. The average molecular weight is 548 g/mol. The summed E-state index contributed by atoms with van der Waals surface area (Å²) < 4.78 is 18.3. The third kappa shape index (κ3) is 6.44. The van der Waals surface area contributed by atoms with E-state index in [0.29, 0.717) is 41.4 Å². The quantitative estimate of drug-likeness (QED) is 0.279. The van der Waals surface area contributed by atoms with Gasteiger partial charge in [-0.15, -0.1) is 5.10 Å². The molecule has 2 heterocycles. The van der Waals surface area contributed by atoms with Crippen molar-refractivity contribution < 1.29 is 23.5 Å². The maximum absolute atomic E-state index is 14.0. The Morgan fingerprint density at radius 2 is 1.82 bits per heavy atom. The van der Waals surface area contributed by atoms with Gasteiger partial charge in [-0.25, -0.2) is 4.68 Å². The number of aryl methyl sites for hydroxylation is 1. The van der Waals surface area contributed by atoms with Gasteiger partial charge in [0.05, 0.1) is 19.7 Å². The Labute approximate surface area is 234 Å². The number of hydrogen-bond acceptors (Lipinski definition) is 7. The van der Waals surface area contributed by atoms with Gasteiger partial charge in [0.1, 0.15) is 23.6 Å². The summed E-state index contributed by atoms with van der Waals surface area (Å²) in [7, 11) is 3.16. The number of carbonyl (C=O) groups excluding carboxylic acids is 2. The average Bonchev–Trinajstić information content (AvgIpc) is 3.56. The summed E-state index contributed by atoms with van der Waals surface area (Å²) in [6, 6.07) is 15.6. The number of methoxy groups -OCH3 is 2. The number of benzene rings is 2. The zero-order valence-corrected chi connectivity index (χ0v) is 23.9. The second-order valence-corrected chi connectivity index (χ2v) is 10.3. The molecule has 1 unspecified atom stereocenters. The lowest BCUT2D eigenvalue weighted by atomic mass is 10.0. The van der Waals surface area contributed by atoms with E-state index in [1.165, 1.54) is 0 Å². The highest BCUT2D eigenvalue weighted by atomic mass is 16.5. The molecule has 0 aliphatic rings. The number of nitrogens with one attached hydrogen (secondary N) is 1. The molecule has 4 aromatic rings. The second kappa shape index (κ2) is 12.2. The van der Waals surface area contributed by atoms with Crippen LogP contribution in [0.4, 0.5) is 0 Å². The van der Waals surface area contributed by atoms with Crippen LogP contribution in [0.25, 0.3) is 11.0 Å². The lowest BCUT2D eigenvalue weighted by molar-refractivity contribution is -0.142. The molecule has 0 aliphatic heterocycles. The normalized spacial score (nSPS) is 12.2. The van der Waals surface area contributed by atoms with Gasteiger partial charge in [0, 0.05) is 12.1 Å². The van der Waals surface area contributed by atoms with Gasteiger partial charge in [-0.2, -0.15) is 0 Å². The molecule has 212 valence electrons. The zero-order chi connectivity index (χ0) is 28.9. The summed E-state index contributed by atoms with van der Waals surface area (Å²) >= 11 is 0. The highest BCUT2D eigenvalue weighted by molar-refractivity contribution is 5.89. The molecule has 0 fully saturated rings. The Bertz CT molecular complexity index is 1470. The maximum atomic E-state index is 14.0. The van der Waals surface area contributed by atoms with Crippen molar-refractivity contribution in [3.63, 3.8) is 0 Å². The first-order valence-corrected chi connectivity index (χ1v) is 13.3. The van der Waals surface area contributed by atoms with Gasteiger partial charge >= 0.3 is 0 Å². The zero-order valence-electron chi connectivity index (χ0n) is 23.9. The van der Waals surface area contributed by atoms with E-state index in [4.69, 9.17) is 13.9 Å². The largest absolute Gasteiger partial charge is 0.493 e. The SMILES string of the molecule is CCC(C)(C)NC(=O)C(c1ccc(C)o1)N(CCc1ccc(OC)c(OC)c1)C(=O)Cn1nnc2ccccc21. The Morgan fingerprint density at radius 3 is 2.50 bits per heavy atom. The Hall–Kier alpha value is -4.34. The van der Waals surface area contributed by atoms with E-state index in [-0.39, 0.29) is 24.9 Å². The lowest BCUT2D eigenvalue weighted by Gasteiger charge is -2.33. The van der Waals surface area contributed by atoms with Crippen LogP contribution in [0, 0.1) is 6.92 Å². The standard InChI is InChI=1S/C30H37N5O5/c1-7-30(3,4)31-29(37)28(25-14-12-20(2)40-25)34(17-16-21-13-15-24(38-5)26(18-21)39-6)27(36)19-35-23-11-9-8-10-22(23)32-33-35/h8-15,18,28H,7,16-17,19H2,1-6H3,(H,31,37). The number of hydrogen-bond donors (Lipinski definition) is 1. The van der Waals surface area contributed by atoms with E-state index in [0.717, 1.165) is 11.1 Å². The lowest BCUT2D eigenvalue weighted by Crippen LogP contribution is -2.51. The molecule has 0 spiro atoms. The van der Waals surface area contributed by atoms with Crippen LogP contribution in [-0.2, 0) is 22.6 Å². The first-order valence-electron chi connectivity index (χ1n) is 13.3. The summed E-state index contributed by atoms with van der Waals surface area (Å²) in [6.07, 6.45) is 1.18. The molecular formula is C30H37N5O5. The van der Waals surface area contributed by atoms with Crippen molar-refractivity contribution in [3.05, 3.63) is 71.7 Å². The van der Waals surface area contributed by atoms with Crippen LogP contribution in [0.2, 0.25) is 0 Å². The van der Waals surface area contributed by atoms with Crippen molar-refractivity contribution in [3.8, 4) is 11.5 Å². The first-order chi connectivity index (χ1) is 19.2. The Morgan fingerprint density at radius 1 is 1.07 bits per heavy atom. The number of fused-ring (bicyclic) bond motifs is 1. The van der Waals surface area contributed by atoms with Crippen molar-refractivity contribution in [2.24, 2.45) is 0 Å². The van der Waals surface area contributed by atoms with Gasteiger partial charge in [0.15, 0.2) is 17.5 Å². The molecule has 1 N–H and O–H groups in total. The number of para-hydroxylation sites is 1. The fourth-order valence-corrected chi connectivity index (χ4v) is 4.45. The predicted octanol–water partition coefficient (Wildman–Crippen LogP) is 4.47. The molecule has 1 atom stereocenters. The fraction of sp³-hybridized carbons (Fsp3) is 0.400. The van der Waals surface area contributed by atoms with Crippen LogP contribution in [0.1, 0.15) is 50.3 Å². The van der Waals surface area contributed by atoms with Crippen LogP contribution in [0.3, 0.4) is 0 Å². The molecule has 0 aliphatic carbocycles. The number of furan rings is 1. The third-order valence-electron chi connectivity index (χ3n) is 7.05. The van der Waals surface area contributed by atoms with E-state index in [9.17, 15) is 9.59 Å². The molecule has 2 amide bonds. The molecule has 0 saturated carbocycles. The van der Waals surface area contributed by atoms with E-state index in [1.807, 2.05) is 70.2 Å². The molecule has 10 nitrogen and oxygen atoms in total. The van der Waals surface area contributed by atoms with E-state index >= 15 is 0 Å². The van der Waals surface area contributed by atoms with E-state index in [2.05, 4.69) is 15.6 Å². The summed E-state index contributed by atoms with van der Waals surface area (Å²) in [5.74, 6) is 1.64. The van der Waals surface area contributed by atoms with Crippen molar-refractivity contribution in [2.75, 3.05) is 20.8 Å². The first kappa shape index (κ1) is 28.7. The minimum Gasteiger partial charge on any atom is -0.493 e. The van der Waals surface area contributed by atoms with Gasteiger partial charge in [-0.3, -0.25) is 9.59 Å². The van der Waals surface area contributed by atoms with Crippen LogP contribution in [0.15, 0.2) is 59.0 Å². The maximum Gasteiger partial charge on any atom is 0.251 e. The number of aromatic nitrogens is 3. The molecular weight excluding hydrogens is 510 g/mol. The minimum absolute atomic E-state index is 0.0902. The summed E-state index contributed by atoms with van der Waals surface area (Å²) in [5.41, 5.74) is 1.87. The number of ether oxygens (including phenoxy) is 2. The van der Waals surface area contributed by atoms with Gasteiger partial charge in [-0.1, -0.05) is 30.3 Å². The van der Waals surface area contributed by atoms with Crippen LogP contribution in [0.5, 0.6) is 11.5 Å². The van der Waals surface area contributed by atoms with Gasteiger partial charge in [0.2, 0.25) is 5.91 Å². The summed E-state index contributed by atoms with van der Waals surface area (Å²) in [6.45, 7) is 7.87. The van der Waals surface area contributed by atoms with E-state index in [1.54, 1.807) is 35.9 Å². The van der Waals surface area contributed by atoms with E-state index < -0.39 is 11.6 Å². The molecule has 4 rings (SSSR count). The topological polar surface area (TPSA) is 112 Å². The van der Waals surface area contributed by atoms with Crippen molar-refractivity contribution in [1.82, 2.24) is 25.2 Å². The van der Waals surface area contributed by atoms with Crippen LogP contribution < -0.4 is 14.8 Å². The molecule has 0 saturated heterocycles. The van der Waals surface area contributed by atoms with Crippen molar-refractivity contribution in [2.45, 2.75) is 58.7 Å². The van der Waals surface area contributed by atoms with Crippen LogP contribution in [-0.4, -0.2) is 58.0 Å². The summed E-state index contributed by atoms with van der Waals surface area (Å²) in [5, 5.41) is 11.5. The Kier molecular flexibility index (Phi) is 8.77. The molecule has 10 heteroatoms. The summed E-state index contributed by atoms with van der Waals surface area (Å²) in [4.78, 5) is 29.4. The van der Waals surface area contributed by atoms with Gasteiger partial charge in [-0.05, 0) is 75.6 Å². The monoisotopic (exact) mass is 547 g/mol. The van der Waals surface area contributed by atoms with Crippen LogP contribution >= 0.6 is 0 Å². The highest BCUT2D eigenvalue weighted by Gasteiger charge is 2.36. The van der Waals surface area contributed by atoms with Gasteiger partial charge in [0.25, 0.3) is 5.91 Å². The fourth-order valence-electron chi connectivity index (χ4n) is 4.45. The van der Waals surface area contributed by atoms with Crippen molar-refractivity contribution >= 4 is 22.8 Å². The van der Waals surface area contributed by atoms with Crippen molar-refractivity contribution in [1.29, 1.82) is 0 Å². The number of carbonyl (C=O) groups is 2. The third-order valence-corrected chi connectivity index (χ3v) is 7.05. The molecule has 2 aromatic heterocycles. The highest BCUT2D eigenvalue weighted by Crippen LogP contribution is 2.29. The molecule has 0 radical (unpaired) electrons. The number of nitrogens with zero attached hydrogens (tertiary/aromatic N) is 4. The van der Waals surface area contributed by atoms with Gasteiger partial charge < -0.3 is 24.1 Å². The predicted molar refractivity (Wildman–Crippen MR) is 151 cm³/mol. The number of rotatable bonds is 12. The minimum atomic E-state index is -0.984. The second-order valence-electron chi connectivity index (χ2n) is 10.3. The molecule has 0 bridgehead atoms. The Balaban J connectivity index is 1.71. The smallest absolute Gasteiger partial charge is 0.251 e. The number of amides is 2. The molecule has 40 heavy (non-hydrogen) atoms.